The summed E-state index contributed by atoms with van der Waals surface area (Å²) in [6, 6.07) is 3.32. The minimum atomic E-state index is -0.799. The number of nitrogens with zero attached hydrogens (tertiary/aromatic N) is 2. The molecule has 1 amide bonds. The maximum Gasteiger partial charge on any atom is 0.272 e. The van der Waals surface area contributed by atoms with Crippen LogP contribution < -0.4 is 11.3 Å². The van der Waals surface area contributed by atoms with Crippen molar-refractivity contribution in [2.45, 2.75) is 25.4 Å². The third-order valence-corrected chi connectivity index (χ3v) is 3.11. The van der Waals surface area contributed by atoms with E-state index in [0.29, 0.717) is 24.5 Å². The van der Waals surface area contributed by atoms with Crippen molar-refractivity contribution in [1.82, 2.24) is 9.88 Å². The van der Waals surface area contributed by atoms with Gasteiger partial charge in [0.2, 0.25) is 0 Å². The third-order valence-electron chi connectivity index (χ3n) is 3.11. The summed E-state index contributed by atoms with van der Waals surface area (Å²) in [6.45, 7) is 2.76. The average Bonchev–Trinajstić information content (AvgIpc) is 2.37. The van der Waals surface area contributed by atoms with Crippen molar-refractivity contribution < 1.29 is 9.90 Å². The molecule has 1 aromatic rings. The smallest absolute Gasteiger partial charge is 0.272 e. The van der Waals surface area contributed by atoms with Gasteiger partial charge in [-0.3, -0.25) is 10.6 Å². The Bertz CT molecular complexity index is 430. The SMILES string of the molecule is CC1(O)CCCN(C(=O)c2ccc(NN)cn2)C1. The number of pyridine rings is 1. The second-order valence-electron chi connectivity index (χ2n) is 4.90. The number of aliphatic hydroxyl groups is 1. The standard InChI is InChI=1S/C12H18N4O2/c1-12(18)5-2-6-16(8-12)11(17)10-4-3-9(15-13)7-14-10/h3-4,7,15,18H,2,5-6,8,13H2,1H3. The molecule has 0 bridgehead atoms. The fourth-order valence-electron chi connectivity index (χ4n) is 2.16. The number of aromatic nitrogens is 1. The highest BCUT2D eigenvalue weighted by atomic mass is 16.3. The minimum absolute atomic E-state index is 0.154. The number of β-amino-alcohol motifs (C(OH)–C–C–N with tert-alkyl or cyclic N) is 1. The van der Waals surface area contributed by atoms with E-state index in [1.54, 1.807) is 24.0 Å². The summed E-state index contributed by atoms with van der Waals surface area (Å²) >= 11 is 0. The first kappa shape index (κ1) is 12.8. The summed E-state index contributed by atoms with van der Waals surface area (Å²) in [6.07, 6.45) is 3.04. The Hall–Kier alpha value is -1.66. The minimum Gasteiger partial charge on any atom is -0.388 e. The quantitative estimate of drug-likeness (QED) is 0.520. The summed E-state index contributed by atoms with van der Waals surface area (Å²) < 4.78 is 0. The van der Waals surface area contributed by atoms with Crippen molar-refractivity contribution in [3.8, 4) is 0 Å². The van der Waals surface area contributed by atoms with Crippen LogP contribution in [0.2, 0.25) is 0 Å². The van der Waals surface area contributed by atoms with E-state index >= 15 is 0 Å². The van der Waals surface area contributed by atoms with Gasteiger partial charge in [-0.1, -0.05) is 0 Å². The number of hydrogen-bond acceptors (Lipinski definition) is 5. The molecule has 4 N–H and O–H groups in total. The van der Waals surface area contributed by atoms with Crippen LogP contribution in [0.4, 0.5) is 5.69 Å². The van der Waals surface area contributed by atoms with Crippen molar-refractivity contribution in [3.05, 3.63) is 24.0 Å². The Kier molecular flexibility index (Phi) is 3.49. The van der Waals surface area contributed by atoms with E-state index < -0.39 is 5.60 Å². The van der Waals surface area contributed by atoms with E-state index in [-0.39, 0.29) is 5.91 Å². The molecule has 98 valence electrons. The first-order valence-electron chi connectivity index (χ1n) is 5.96. The van der Waals surface area contributed by atoms with Crippen LogP contribution in [-0.4, -0.2) is 39.6 Å². The monoisotopic (exact) mass is 250 g/mol. The summed E-state index contributed by atoms with van der Waals surface area (Å²) in [4.78, 5) is 17.9. The number of hydrazine groups is 1. The van der Waals surface area contributed by atoms with E-state index in [1.165, 1.54) is 6.20 Å². The Balaban J connectivity index is 2.10. The maximum absolute atomic E-state index is 12.2. The van der Waals surface area contributed by atoms with Crippen LogP contribution in [0, 0.1) is 0 Å². The van der Waals surface area contributed by atoms with Gasteiger partial charge in [0.15, 0.2) is 0 Å². The van der Waals surface area contributed by atoms with Crippen molar-refractivity contribution >= 4 is 11.6 Å². The molecule has 0 spiro atoms. The van der Waals surface area contributed by atoms with Crippen molar-refractivity contribution in [1.29, 1.82) is 0 Å². The molecule has 2 rings (SSSR count). The fourth-order valence-corrected chi connectivity index (χ4v) is 2.16. The van der Waals surface area contributed by atoms with Crippen molar-refractivity contribution in [2.75, 3.05) is 18.5 Å². The average molecular weight is 250 g/mol. The zero-order valence-corrected chi connectivity index (χ0v) is 10.4. The zero-order chi connectivity index (χ0) is 13.2. The van der Waals surface area contributed by atoms with Gasteiger partial charge in [0, 0.05) is 13.1 Å². The molecule has 1 aliphatic heterocycles. The van der Waals surface area contributed by atoms with Crippen molar-refractivity contribution in [3.63, 3.8) is 0 Å². The third kappa shape index (κ3) is 2.77. The molecule has 1 saturated heterocycles. The predicted octanol–water partition coefficient (Wildman–Crippen LogP) is 0.354. The highest BCUT2D eigenvalue weighted by Gasteiger charge is 2.31. The first-order chi connectivity index (χ1) is 8.52. The molecule has 6 heteroatoms. The van der Waals surface area contributed by atoms with Gasteiger partial charge in [0.05, 0.1) is 17.5 Å². The second kappa shape index (κ2) is 4.91. The lowest BCUT2D eigenvalue weighted by Gasteiger charge is -2.36. The summed E-state index contributed by atoms with van der Waals surface area (Å²) in [5.74, 6) is 5.08. The fraction of sp³-hybridized carbons (Fsp3) is 0.500. The molecule has 0 radical (unpaired) electrons. The number of amides is 1. The summed E-state index contributed by atoms with van der Waals surface area (Å²) in [5.41, 5.74) is 2.68. The van der Waals surface area contributed by atoms with Crippen LogP contribution in [0.25, 0.3) is 0 Å². The Morgan fingerprint density at radius 3 is 2.94 bits per heavy atom. The van der Waals surface area contributed by atoms with Gasteiger partial charge in [-0.25, -0.2) is 4.98 Å². The van der Waals surface area contributed by atoms with Gasteiger partial charge in [-0.15, -0.1) is 0 Å². The summed E-state index contributed by atoms with van der Waals surface area (Å²) in [5, 5.41) is 9.98. The van der Waals surface area contributed by atoms with Crippen LogP contribution in [-0.2, 0) is 0 Å². The van der Waals surface area contributed by atoms with E-state index in [0.717, 1.165) is 12.8 Å². The molecule has 18 heavy (non-hydrogen) atoms. The first-order valence-corrected chi connectivity index (χ1v) is 5.96. The number of nitrogens with one attached hydrogen (secondary N) is 1. The van der Waals surface area contributed by atoms with Crippen LogP contribution >= 0.6 is 0 Å². The van der Waals surface area contributed by atoms with Gasteiger partial charge in [0.25, 0.3) is 5.91 Å². The molecule has 1 aliphatic rings. The van der Waals surface area contributed by atoms with Gasteiger partial charge >= 0.3 is 0 Å². The number of rotatable bonds is 2. The van der Waals surface area contributed by atoms with Gasteiger partial charge in [0.1, 0.15) is 5.69 Å². The van der Waals surface area contributed by atoms with Crippen molar-refractivity contribution in [2.24, 2.45) is 5.84 Å². The van der Waals surface area contributed by atoms with Gasteiger partial charge in [-0.2, -0.15) is 0 Å². The number of carbonyl (C=O) groups excluding carboxylic acids is 1. The number of piperidine rings is 1. The normalized spacial score (nSPS) is 23.8. The largest absolute Gasteiger partial charge is 0.388 e. The number of likely N-dealkylation sites (tertiary alicyclic amines) is 1. The molecular formula is C12H18N4O2. The second-order valence-corrected chi connectivity index (χ2v) is 4.90. The predicted molar refractivity (Wildman–Crippen MR) is 67.8 cm³/mol. The lowest BCUT2D eigenvalue weighted by molar-refractivity contribution is -0.0109. The molecule has 0 aromatic carbocycles. The van der Waals surface area contributed by atoms with E-state index in [4.69, 9.17) is 5.84 Å². The summed E-state index contributed by atoms with van der Waals surface area (Å²) in [7, 11) is 0. The molecular weight excluding hydrogens is 232 g/mol. The highest BCUT2D eigenvalue weighted by Crippen LogP contribution is 2.21. The number of anilines is 1. The Labute approximate surface area is 106 Å². The van der Waals surface area contributed by atoms with E-state index in [2.05, 4.69) is 10.4 Å². The van der Waals surface area contributed by atoms with Gasteiger partial charge in [-0.05, 0) is 31.9 Å². The number of nitrogen functional groups attached to an aromatic ring is 1. The molecule has 1 atom stereocenters. The topological polar surface area (TPSA) is 91.5 Å². The van der Waals surface area contributed by atoms with Crippen LogP contribution in [0.15, 0.2) is 18.3 Å². The van der Waals surface area contributed by atoms with Crippen LogP contribution in [0.1, 0.15) is 30.3 Å². The number of hydrogen-bond donors (Lipinski definition) is 3. The number of nitrogens with two attached hydrogens (primary N) is 1. The lowest BCUT2D eigenvalue weighted by Crippen LogP contribution is -2.48. The Morgan fingerprint density at radius 2 is 2.39 bits per heavy atom. The van der Waals surface area contributed by atoms with E-state index in [1.807, 2.05) is 0 Å². The zero-order valence-electron chi connectivity index (χ0n) is 10.4. The van der Waals surface area contributed by atoms with E-state index in [9.17, 15) is 9.90 Å². The highest BCUT2D eigenvalue weighted by molar-refractivity contribution is 5.92. The Morgan fingerprint density at radius 1 is 1.61 bits per heavy atom. The molecule has 0 saturated carbocycles. The molecule has 1 aromatic heterocycles. The molecule has 2 heterocycles. The molecule has 1 unspecified atom stereocenters. The maximum atomic E-state index is 12.2. The van der Waals surface area contributed by atoms with Crippen LogP contribution in [0.3, 0.4) is 0 Å². The molecule has 6 nitrogen and oxygen atoms in total. The molecule has 0 aliphatic carbocycles. The number of carbonyl (C=O) groups is 1. The van der Waals surface area contributed by atoms with Crippen LogP contribution in [0.5, 0.6) is 0 Å². The molecule has 1 fully saturated rings. The van der Waals surface area contributed by atoms with Gasteiger partial charge < -0.3 is 15.4 Å². The lowest BCUT2D eigenvalue weighted by atomic mass is 9.95.